The van der Waals surface area contributed by atoms with Crippen molar-refractivity contribution in [3.8, 4) is 0 Å². The summed E-state index contributed by atoms with van der Waals surface area (Å²) in [5.41, 5.74) is 2.24. The molecule has 2 aromatic rings. The fourth-order valence-electron chi connectivity index (χ4n) is 1.10. The zero-order valence-corrected chi connectivity index (χ0v) is 11.8. The molecule has 2 aromatic heterocycles. The van der Waals surface area contributed by atoms with Gasteiger partial charge in [-0.2, -0.15) is 0 Å². The first kappa shape index (κ1) is 17.1. The summed E-state index contributed by atoms with van der Waals surface area (Å²) >= 11 is 0. The Hall–Kier alpha value is -1.31. The van der Waals surface area contributed by atoms with Gasteiger partial charge in [0.2, 0.25) is 0 Å². The van der Waals surface area contributed by atoms with Crippen molar-refractivity contribution in [2.75, 3.05) is 0 Å². The van der Waals surface area contributed by atoms with Crippen LogP contribution in [0.4, 0.5) is 0 Å². The molecule has 16 heavy (non-hydrogen) atoms. The van der Waals surface area contributed by atoms with Gasteiger partial charge in [0, 0.05) is 19.4 Å². The molecule has 0 radical (unpaired) electrons. The quantitative estimate of drug-likeness (QED) is 0.634. The van der Waals surface area contributed by atoms with Gasteiger partial charge < -0.3 is 4.57 Å². The Morgan fingerprint density at radius 1 is 0.938 bits per heavy atom. The van der Waals surface area contributed by atoms with Gasteiger partial charge in [0.05, 0.1) is 11.0 Å². The summed E-state index contributed by atoms with van der Waals surface area (Å²) in [5, 5.41) is 0. The van der Waals surface area contributed by atoms with E-state index in [2.05, 4.69) is 15.6 Å². The van der Waals surface area contributed by atoms with Crippen molar-refractivity contribution < 1.29 is 0 Å². The fraction of sp³-hybridized carbons (Fsp3) is 0.500. The molecule has 0 saturated carbocycles. The van der Waals surface area contributed by atoms with Crippen molar-refractivity contribution in [1.82, 2.24) is 9.55 Å². The normalized spacial score (nSPS) is 7.69. The van der Waals surface area contributed by atoms with Crippen molar-refractivity contribution in [1.29, 1.82) is 0 Å². The SMILES string of the molecule is CC.CC.CC.Cn1ccc2ncccc21. The largest absolute Gasteiger partial charge is 0.349 e. The highest BCUT2D eigenvalue weighted by Gasteiger charge is 1.93. The first-order chi connectivity index (χ1) is 7.88. The Morgan fingerprint density at radius 2 is 1.50 bits per heavy atom. The molecule has 0 atom stereocenters. The van der Waals surface area contributed by atoms with E-state index < -0.39 is 0 Å². The molecule has 0 bridgehead atoms. The van der Waals surface area contributed by atoms with E-state index in [1.165, 1.54) is 5.52 Å². The average Bonchev–Trinajstić information content (AvgIpc) is 2.79. The van der Waals surface area contributed by atoms with Crippen LogP contribution in [0, 0.1) is 0 Å². The molecule has 0 aliphatic heterocycles. The minimum atomic E-state index is 1.06. The van der Waals surface area contributed by atoms with Gasteiger partial charge in [0.15, 0.2) is 0 Å². The van der Waals surface area contributed by atoms with E-state index in [1.807, 2.05) is 73.1 Å². The second-order valence-corrected chi connectivity index (χ2v) is 2.33. The van der Waals surface area contributed by atoms with Gasteiger partial charge in [-0.3, -0.25) is 4.98 Å². The van der Waals surface area contributed by atoms with Crippen molar-refractivity contribution >= 4 is 11.0 Å². The van der Waals surface area contributed by atoms with Crippen LogP contribution >= 0.6 is 0 Å². The minimum Gasteiger partial charge on any atom is -0.349 e. The topological polar surface area (TPSA) is 17.8 Å². The summed E-state index contributed by atoms with van der Waals surface area (Å²) < 4.78 is 2.06. The molecule has 0 amide bonds. The molecular weight excluding hydrogens is 196 g/mol. The maximum absolute atomic E-state index is 4.18. The summed E-state index contributed by atoms with van der Waals surface area (Å²) in [6.07, 6.45) is 3.82. The van der Waals surface area contributed by atoms with Crippen LogP contribution in [0.1, 0.15) is 41.5 Å². The lowest BCUT2D eigenvalue weighted by Crippen LogP contribution is -1.82. The van der Waals surface area contributed by atoms with Gasteiger partial charge in [-0.25, -0.2) is 0 Å². The minimum absolute atomic E-state index is 1.06. The van der Waals surface area contributed by atoms with E-state index in [1.54, 1.807) is 0 Å². The Labute approximate surface area is 100 Å². The number of aromatic nitrogens is 2. The maximum atomic E-state index is 4.18. The molecule has 0 saturated heterocycles. The van der Waals surface area contributed by atoms with E-state index in [0.29, 0.717) is 0 Å². The molecular formula is C14H26N2. The van der Waals surface area contributed by atoms with Crippen molar-refractivity contribution in [2.24, 2.45) is 7.05 Å². The maximum Gasteiger partial charge on any atom is 0.0880 e. The van der Waals surface area contributed by atoms with E-state index in [0.717, 1.165) is 5.52 Å². The average molecular weight is 222 g/mol. The zero-order chi connectivity index (χ0) is 13.0. The molecule has 0 aliphatic carbocycles. The third-order valence-electron chi connectivity index (χ3n) is 1.65. The first-order valence-corrected chi connectivity index (χ1v) is 6.24. The number of hydrogen-bond donors (Lipinski definition) is 0. The van der Waals surface area contributed by atoms with Crippen molar-refractivity contribution in [2.45, 2.75) is 41.5 Å². The molecule has 0 aliphatic rings. The fourth-order valence-corrected chi connectivity index (χ4v) is 1.10. The molecule has 2 nitrogen and oxygen atoms in total. The summed E-state index contributed by atoms with van der Waals surface area (Å²) in [6.45, 7) is 12.0. The molecule has 0 aromatic carbocycles. The summed E-state index contributed by atoms with van der Waals surface area (Å²) in [6, 6.07) is 6.01. The zero-order valence-electron chi connectivity index (χ0n) is 11.8. The summed E-state index contributed by atoms with van der Waals surface area (Å²) in [4.78, 5) is 4.18. The number of aryl methyl sites for hydroxylation is 1. The predicted molar refractivity (Wildman–Crippen MR) is 74.8 cm³/mol. The lowest BCUT2D eigenvalue weighted by Gasteiger charge is -1.91. The molecule has 2 heterocycles. The standard InChI is InChI=1S/C8H8N2.3C2H6/c1-10-6-4-7-8(10)3-2-5-9-7;3*1-2/h2-6H,1H3;3*1-2H3. The monoisotopic (exact) mass is 222 g/mol. The van der Waals surface area contributed by atoms with Crippen LogP contribution < -0.4 is 0 Å². The van der Waals surface area contributed by atoms with E-state index in [-0.39, 0.29) is 0 Å². The van der Waals surface area contributed by atoms with Crippen molar-refractivity contribution in [3.05, 3.63) is 30.6 Å². The number of hydrogen-bond acceptors (Lipinski definition) is 1. The number of fused-ring (bicyclic) bond motifs is 1. The van der Waals surface area contributed by atoms with Crippen LogP contribution in [0.15, 0.2) is 30.6 Å². The van der Waals surface area contributed by atoms with E-state index in [4.69, 9.17) is 0 Å². The molecule has 0 spiro atoms. The Morgan fingerprint density at radius 3 is 2.00 bits per heavy atom. The molecule has 92 valence electrons. The summed E-state index contributed by atoms with van der Waals surface area (Å²) in [7, 11) is 2.02. The van der Waals surface area contributed by atoms with Gasteiger partial charge in [-0.05, 0) is 18.2 Å². The predicted octanol–water partition coefficient (Wildman–Crippen LogP) is 4.65. The van der Waals surface area contributed by atoms with E-state index >= 15 is 0 Å². The first-order valence-electron chi connectivity index (χ1n) is 6.24. The van der Waals surface area contributed by atoms with Crippen LogP contribution in [0.25, 0.3) is 11.0 Å². The van der Waals surface area contributed by atoms with Gasteiger partial charge in [0.1, 0.15) is 0 Å². The highest BCUT2D eigenvalue weighted by atomic mass is 14.9. The van der Waals surface area contributed by atoms with Gasteiger partial charge >= 0.3 is 0 Å². The van der Waals surface area contributed by atoms with Crippen LogP contribution in [0.2, 0.25) is 0 Å². The van der Waals surface area contributed by atoms with E-state index in [9.17, 15) is 0 Å². The number of pyridine rings is 1. The second-order valence-electron chi connectivity index (χ2n) is 2.33. The van der Waals surface area contributed by atoms with Crippen LogP contribution in [-0.4, -0.2) is 9.55 Å². The van der Waals surface area contributed by atoms with Crippen LogP contribution in [0.5, 0.6) is 0 Å². The van der Waals surface area contributed by atoms with Crippen molar-refractivity contribution in [3.63, 3.8) is 0 Å². The van der Waals surface area contributed by atoms with Crippen LogP contribution in [-0.2, 0) is 7.05 Å². The Bertz CT molecular complexity index is 350. The Balaban J connectivity index is 0. The molecule has 0 unspecified atom stereocenters. The molecule has 2 heteroatoms. The highest BCUT2D eigenvalue weighted by Crippen LogP contribution is 2.09. The Kier molecular flexibility index (Phi) is 12.6. The molecule has 0 N–H and O–H groups in total. The highest BCUT2D eigenvalue weighted by molar-refractivity contribution is 5.74. The third kappa shape index (κ3) is 4.96. The number of rotatable bonds is 0. The van der Waals surface area contributed by atoms with Crippen LogP contribution in [0.3, 0.4) is 0 Å². The summed E-state index contributed by atoms with van der Waals surface area (Å²) in [5.74, 6) is 0. The molecule has 2 rings (SSSR count). The van der Waals surface area contributed by atoms with Gasteiger partial charge in [-0.1, -0.05) is 41.5 Å². The van der Waals surface area contributed by atoms with Gasteiger partial charge in [-0.15, -0.1) is 0 Å². The number of nitrogens with zero attached hydrogens (tertiary/aromatic N) is 2. The lowest BCUT2D eigenvalue weighted by molar-refractivity contribution is 0.968. The third-order valence-corrected chi connectivity index (χ3v) is 1.65. The molecule has 0 fully saturated rings. The van der Waals surface area contributed by atoms with Gasteiger partial charge in [0.25, 0.3) is 0 Å². The smallest absolute Gasteiger partial charge is 0.0880 e. The lowest BCUT2D eigenvalue weighted by atomic mass is 10.4. The second kappa shape index (κ2) is 11.8.